The van der Waals surface area contributed by atoms with Crippen molar-refractivity contribution in [3.63, 3.8) is 0 Å². The van der Waals surface area contributed by atoms with Crippen molar-refractivity contribution >= 4 is 38.9 Å². The Morgan fingerprint density at radius 1 is 1.29 bits per heavy atom. The highest BCUT2D eigenvalue weighted by molar-refractivity contribution is 9.10. The number of nitrogens with one attached hydrogen (secondary N) is 1. The first-order valence-electron chi connectivity index (χ1n) is 7.85. The minimum absolute atomic E-state index is 0.0748. The molecule has 1 aliphatic rings. The topological polar surface area (TPSA) is 84.2 Å². The second-order valence-electron chi connectivity index (χ2n) is 5.82. The van der Waals surface area contributed by atoms with E-state index in [2.05, 4.69) is 38.1 Å². The number of piperidine rings is 1. The molecule has 1 unspecified atom stereocenters. The number of aromatic nitrogens is 2. The van der Waals surface area contributed by atoms with E-state index in [1.165, 1.54) is 6.33 Å². The van der Waals surface area contributed by atoms with E-state index in [0.29, 0.717) is 5.82 Å². The van der Waals surface area contributed by atoms with Crippen molar-refractivity contribution in [2.45, 2.75) is 32.2 Å². The zero-order chi connectivity index (χ0) is 17.1. The number of anilines is 3. The number of benzene rings is 1. The van der Waals surface area contributed by atoms with Crippen molar-refractivity contribution in [3.05, 3.63) is 45.2 Å². The third kappa shape index (κ3) is 3.48. The summed E-state index contributed by atoms with van der Waals surface area (Å²) < 4.78 is 0.938. The Morgan fingerprint density at radius 2 is 2.04 bits per heavy atom. The van der Waals surface area contributed by atoms with Crippen LogP contribution in [0.25, 0.3) is 0 Å². The first kappa shape index (κ1) is 16.6. The van der Waals surface area contributed by atoms with E-state index < -0.39 is 4.92 Å². The summed E-state index contributed by atoms with van der Waals surface area (Å²) in [5.41, 5.74) is 0.659. The molecule has 2 aromatic rings. The molecule has 8 heteroatoms. The SMILES string of the molecule is CC1CCCCN1c1ncnc(Nc2ccc(Br)cc2)c1[N+](=O)[O-]. The Kier molecular flexibility index (Phi) is 4.94. The molecular weight excluding hydrogens is 374 g/mol. The van der Waals surface area contributed by atoms with Gasteiger partial charge < -0.3 is 10.2 Å². The lowest BCUT2D eigenvalue weighted by atomic mass is 10.0. The third-order valence-electron chi connectivity index (χ3n) is 4.17. The van der Waals surface area contributed by atoms with E-state index >= 15 is 0 Å². The summed E-state index contributed by atoms with van der Waals surface area (Å²) in [6, 6.07) is 7.62. The molecule has 7 nitrogen and oxygen atoms in total. The summed E-state index contributed by atoms with van der Waals surface area (Å²) in [5.74, 6) is 0.604. The van der Waals surface area contributed by atoms with E-state index in [9.17, 15) is 10.1 Å². The van der Waals surface area contributed by atoms with Crippen LogP contribution in [0.1, 0.15) is 26.2 Å². The van der Waals surface area contributed by atoms with Gasteiger partial charge in [0, 0.05) is 22.7 Å². The number of hydrogen-bond donors (Lipinski definition) is 1. The van der Waals surface area contributed by atoms with Crippen molar-refractivity contribution in [1.82, 2.24) is 9.97 Å². The first-order chi connectivity index (χ1) is 11.6. The number of hydrogen-bond acceptors (Lipinski definition) is 6. The number of nitrogens with zero attached hydrogens (tertiary/aromatic N) is 4. The lowest BCUT2D eigenvalue weighted by molar-refractivity contribution is -0.383. The van der Waals surface area contributed by atoms with Gasteiger partial charge in [-0.1, -0.05) is 15.9 Å². The second-order valence-corrected chi connectivity index (χ2v) is 6.74. The van der Waals surface area contributed by atoms with Gasteiger partial charge in [0.2, 0.25) is 11.6 Å². The minimum Gasteiger partial charge on any atom is -0.348 e. The predicted molar refractivity (Wildman–Crippen MR) is 96.8 cm³/mol. The van der Waals surface area contributed by atoms with Crippen LogP contribution in [0.3, 0.4) is 0 Å². The van der Waals surface area contributed by atoms with E-state index in [-0.39, 0.29) is 17.5 Å². The van der Waals surface area contributed by atoms with Gasteiger partial charge >= 0.3 is 5.69 Å². The lowest BCUT2D eigenvalue weighted by Gasteiger charge is -2.33. The van der Waals surface area contributed by atoms with Gasteiger partial charge in [0.1, 0.15) is 6.33 Å². The van der Waals surface area contributed by atoms with Crippen molar-refractivity contribution in [2.24, 2.45) is 0 Å². The smallest absolute Gasteiger partial charge is 0.348 e. The highest BCUT2D eigenvalue weighted by Gasteiger charge is 2.30. The number of halogens is 1. The Morgan fingerprint density at radius 3 is 2.71 bits per heavy atom. The normalized spacial score (nSPS) is 17.6. The maximum atomic E-state index is 11.7. The monoisotopic (exact) mass is 391 g/mol. The van der Waals surface area contributed by atoms with E-state index in [0.717, 1.165) is 36.0 Å². The fourth-order valence-electron chi connectivity index (χ4n) is 2.92. The molecule has 24 heavy (non-hydrogen) atoms. The lowest BCUT2D eigenvalue weighted by Crippen LogP contribution is -2.38. The van der Waals surface area contributed by atoms with Crippen LogP contribution in [-0.4, -0.2) is 27.5 Å². The maximum absolute atomic E-state index is 11.7. The van der Waals surface area contributed by atoms with Crippen LogP contribution in [0.15, 0.2) is 35.1 Å². The molecule has 0 radical (unpaired) electrons. The molecule has 0 spiro atoms. The molecule has 0 bridgehead atoms. The van der Waals surface area contributed by atoms with E-state index in [4.69, 9.17) is 0 Å². The molecule has 1 aromatic carbocycles. The second kappa shape index (κ2) is 7.12. The summed E-state index contributed by atoms with van der Waals surface area (Å²) >= 11 is 3.37. The first-order valence-corrected chi connectivity index (χ1v) is 8.64. The summed E-state index contributed by atoms with van der Waals surface area (Å²) in [6.07, 6.45) is 4.54. The Bertz CT molecular complexity index is 738. The average molecular weight is 392 g/mol. The molecule has 1 saturated heterocycles. The van der Waals surface area contributed by atoms with Crippen molar-refractivity contribution in [2.75, 3.05) is 16.8 Å². The zero-order valence-electron chi connectivity index (χ0n) is 13.3. The molecule has 0 aliphatic carbocycles. The van der Waals surface area contributed by atoms with Crippen LogP contribution >= 0.6 is 15.9 Å². The Balaban J connectivity index is 1.98. The van der Waals surface area contributed by atoms with Crippen LogP contribution in [0.5, 0.6) is 0 Å². The summed E-state index contributed by atoms with van der Waals surface area (Å²) in [5, 5.41) is 14.7. The van der Waals surface area contributed by atoms with Crippen molar-refractivity contribution < 1.29 is 4.92 Å². The van der Waals surface area contributed by atoms with Gasteiger partial charge in [-0.2, -0.15) is 0 Å². The van der Waals surface area contributed by atoms with Crippen LogP contribution in [0.4, 0.5) is 23.0 Å². The highest BCUT2D eigenvalue weighted by atomic mass is 79.9. The van der Waals surface area contributed by atoms with Gasteiger partial charge in [-0.05, 0) is 50.5 Å². The third-order valence-corrected chi connectivity index (χ3v) is 4.70. The standard InChI is InChI=1S/C16H18BrN5O2/c1-11-4-2-3-9-21(11)16-14(22(23)24)15(18-10-19-16)20-13-7-5-12(17)6-8-13/h5-8,10-11H,2-4,9H2,1H3,(H,18,19,20). The molecule has 126 valence electrons. The largest absolute Gasteiger partial charge is 0.353 e. The molecule has 1 aromatic heterocycles. The highest BCUT2D eigenvalue weighted by Crippen LogP contribution is 2.36. The summed E-state index contributed by atoms with van der Waals surface area (Å²) in [4.78, 5) is 21.6. The van der Waals surface area contributed by atoms with Crippen LogP contribution in [0, 0.1) is 10.1 Å². The minimum atomic E-state index is -0.405. The van der Waals surface area contributed by atoms with E-state index in [1.807, 2.05) is 29.2 Å². The predicted octanol–water partition coefficient (Wildman–Crippen LogP) is 4.27. The number of nitro groups is 1. The van der Waals surface area contributed by atoms with Gasteiger partial charge in [0.15, 0.2) is 0 Å². The zero-order valence-corrected chi connectivity index (χ0v) is 14.9. The van der Waals surface area contributed by atoms with Crippen LogP contribution in [-0.2, 0) is 0 Å². The molecule has 2 heterocycles. The molecule has 1 fully saturated rings. The van der Waals surface area contributed by atoms with Gasteiger partial charge in [0.05, 0.1) is 4.92 Å². The van der Waals surface area contributed by atoms with Crippen molar-refractivity contribution in [3.8, 4) is 0 Å². The summed E-state index contributed by atoms with van der Waals surface area (Å²) in [7, 11) is 0. The van der Waals surface area contributed by atoms with Crippen molar-refractivity contribution in [1.29, 1.82) is 0 Å². The molecule has 1 aliphatic heterocycles. The van der Waals surface area contributed by atoms with Crippen LogP contribution < -0.4 is 10.2 Å². The fourth-order valence-corrected chi connectivity index (χ4v) is 3.19. The van der Waals surface area contributed by atoms with Gasteiger partial charge in [-0.3, -0.25) is 10.1 Å². The fraction of sp³-hybridized carbons (Fsp3) is 0.375. The molecular formula is C16H18BrN5O2. The summed E-state index contributed by atoms with van der Waals surface area (Å²) in [6.45, 7) is 2.85. The molecule has 0 saturated carbocycles. The molecule has 1 N–H and O–H groups in total. The van der Waals surface area contributed by atoms with Gasteiger partial charge in [0.25, 0.3) is 0 Å². The maximum Gasteiger partial charge on any atom is 0.353 e. The molecule has 0 amide bonds. The molecule has 1 atom stereocenters. The van der Waals surface area contributed by atoms with Crippen LogP contribution in [0.2, 0.25) is 0 Å². The molecule has 3 rings (SSSR count). The quantitative estimate of drug-likeness (QED) is 0.618. The van der Waals surface area contributed by atoms with E-state index in [1.54, 1.807) is 0 Å². The Hall–Kier alpha value is -2.22. The average Bonchev–Trinajstić information content (AvgIpc) is 2.57. The Labute approximate surface area is 148 Å². The number of rotatable bonds is 4. The van der Waals surface area contributed by atoms with Gasteiger partial charge in [-0.25, -0.2) is 9.97 Å². The van der Waals surface area contributed by atoms with Gasteiger partial charge in [-0.15, -0.1) is 0 Å².